The lowest BCUT2D eigenvalue weighted by Gasteiger charge is -2.30. The molecule has 59 heavy (non-hydrogen) atoms. The van der Waals surface area contributed by atoms with Crippen LogP contribution in [-0.2, 0) is 41.6 Å². The third-order valence-electron chi connectivity index (χ3n) is 9.52. The van der Waals surface area contributed by atoms with E-state index < -0.39 is 70.8 Å². The predicted octanol–water partition coefficient (Wildman–Crippen LogP) is 3.25. The maximum Gasteiger partial charge on any atom is 0.481 e. The van der Waals surface area contributed by atoms with Gasteiger partial charge in [0, 0.05) is 37.1 Å². The van der Waals surface area contributed by atoms with E-state index >= 15 is 0 Å². The lowest BCUT2D eigenvalue weighted by molar-refractivity contribution is -0.137. The van der Waals surface area contributed by atoms with Gasteiger partial charge in [-0.15, -0.1) is 0 Å². The molecular weight excluding hydrogens is 836 g/mol. The molecule has 2 amide bonds. The van der Waals surface area contributed by atoms with E-state index in [0.29, 0.717) is 12.2 Å². The summed E-state index contributed by atoms with van der Waals surface area (Å²) in [6.45, 7) is 3.23. The number of unbranched alkanes of at least 4 members (excludes halogenated alkanes) is 10. The highest BCUT2D eigenvalue weighted by Crippen LogP contribution is 2.61. The van der Waals surface area contributed by atoms with Gasteiger partial charge in [0.05, 0.1) is 19.5 Å². The highest BCUT2D eigenvalue weighted by molar-refractivity contribution is 8.13. The van der Waals surface area contributed by atoms with Gasteiger partial charge in [0.25, 0.3) is 0 Å². The number of carbonyl (C=O) groups is 3. The van der Waals surface area contributed by atoms with Crippen molar-refractivity contribution in [2.75, 3.05) is 37.8 Å². The number of nitrogens with zero attached hydrogens (tertiary/aromatic N) is 4. The molecule has 1 saturated heterocycles. The van der Waals surface area contributed by atoms with Crippen LogP contribution < -0.4 is 16.4 Å². The first-order chi connectivity index (χ1) is 27.9. The molecule has 0 bridgehead atoms. The zero-order valence-electron chi connectivity index (χ0n) is 33.8. The van der Waals surface area contributed by atoms with E-state index in [1.807, 2.05) is 0 Å². The molecule has 336 valence electrons. The summed E-state index contributed by atoms with van der Waals surface area (Å²) in [5, 5.41) is 36.8. The molecule has 0 aliphatic carbocycles. The minimum absolute atomic E-state index is 0.0507. The molecule has 0 saturated carbocycles. The number of carbonyl (C=O) groups excluding carboxylic acids is 3. The van der Waals surface area contributed by atoms with Crippen molar-refractivity contribution in [2.24, 2.45) is 5.41 Å². The third-order valence-corrected chi connectivity index (χ3v) is 13.0. The number of aliphatic hydroxyl groups is 3. The average Bonchev–Trinajstić information content (AvgIpc) is 3.73. The summed E-state index contributed by atoms with van der Waals surface area (Å²) in [7, 11) is -10.8. The minimum atomic E-state index is -5.38. The van der Waals surface area contributed by atoms with Crippen LogP contribution in [-0.4, -0.2) is 118 Å². The molecule has 1 fully saturated rings. The van der Waals surface area contributed by atoms with Gasteiger partial charge in [0.15, 0.2) is 22.8 Å². The van der Waals surface area contributed by atoms with Gasteiger partial charge < -0.3 is 46.2 Å². The number of nitrogens with one attached hydrogen (secondary N) is 2. The number of anilines is 1. The normalized spacial score (nSPS) is 20.9. The first-order valence-electron chi connectivity index (χ1n) is 19.9. The molecule has 7 atom stereocenters. The van der Waals surface area contributed by atoms with E-state index in [2.05, 4.69) is 36.8 Å². The number of ether oxygens (including phenoxy) is 1. The van der Waals surface area contributed by atoms with Gasteiger partial charge in [0.2, 0.25) is 11.8 Å². The summed E-state index contributed by atoms with van der Waals surface area (Å²) < 4.78 is 45.8. The Hall–Kier alpha value is -2.59. The van der Waals surface area contributed by atoms with E-state index in [1.165, 1.54) is 87.9 Å². The quantitative estimate of drug-likeness (QED) is 0.0429. The first-order valence-corrected chi connectivity index (χ1v) is 23.8. The number of thioether (sulfide) groups is 1. The number of hydrogen-bond acceptors (Lipinski definition) is 17. The summed E-state index contributed by atoms with van der Waals surface area (Å²) in [4.78, 5) is 69.1. The van der Waals surface area contributed by atoms with Crippen molar-refractivity contribution < 1.29 is 66.7 Å². The fourth-order valence-corrected chi connectivity index (χ4v) is 9.00. The molecule has 3 rings (SSSR count). The number of aromatic nitrogens is 4. The molecule has 2 unspecified atom stereocenters. The molecule has 0 aromatic carbocycles. The van der Waals surface area contributed by atoms with Crippen LogP contribution >= 0.6 is 27.4 Å². The molecule has 2 aromatic heterocycles. The van der Waals surface area contributed by atoms with Crippen LogP contribution in [0.4, 0.5) is 5.82 Å². The fraction of sp³-hybridized carbons (Fsp3) is 0.771. The number of phosphoric ester groups is 2. The Kier molecular flexibility index (Phi) is 21.3. The summed E-state index contributed by atoms with van der Waals surface area (Å²) in [5.41, 5.74) is 4.59. The Morgan fingerprint density at radius 3 is 2.20 bits per heavy atom. The van der Waals surface area contributed by atoms with E-state index in [1.54, 1.807) is 0 Å². The van der Waals surface area contributed by atoms with E-state index in [9.17, 15) is 48.6 Å². The van der Waals surface area contributed by atoms with E-state index in [4.69, 9.17) is 19.5 Å². The lowest BCUT2D eigenvalue weighted by Crippen LogP contribution is -2.46. The largest absolute Gasteiger partial charge is 0.481 e. The minimum Gasteiger partial charge on any atom is -0.387 e. The van der Waals surface area contributed by atoms with Crippen LogP contribution in [0.3, 0.4) is 0 Å². The van der Waals surface area contributed by atoms with Gasteiger partial charge in [-0.2, -0.15) is 4.31 Å². The Morgan fingerprint density at radius 2 is 1.54 bits per heavy atom. The van der Waals surface area contributed by atoms with Crippen molar-refractivity contribution in [1.29, 1.82) is 0 Å². The second-order valence-corrected chi connectivity index (χ2v) is 19.2. The molecule has 1 aliphatic rings. The number of nitrogen functional groups attached to an aromatic ring is 1. The van der Waals surface area contributed by atoms with Crippen molar-refractivity contribution in [3.63, 3.8) is 0 Å². The maximum absolute atomic E-state index is 12.6. The molecule has 0 radical (unpaired) electrons. The topological polar surface area (TPSA) is 317 Å². The Labute approximate surface area is 348 Å². The molecule has 9 N–H and O–H groups in total. The van der Waals surface area contributed by atoms with E-state index in [0.717, 1.165) is 25.6 Å². The van der Waals surface area contributed by atoms with Crippen LogP contribution in [0.1, 0.15) is 110 Å². The molecule has 3 heterocycles. The summed E-state index contributed by atoms with van der Waals surface area (Å²) in [5.74, 6) is -0.837. The van der Waals surface area contributed by atoms with Crippen molar-refractivity contribution in [1.82, 2.24) is 30.2 Å². The highest BCUT2D eigenvalue weighted by atomic mass is 32.2. The van der Waals surface area contributed by atoms with Gasteiger partial charge in [-0.25, -0.2) is 24.1 Å². The third kappa shape index (κ3) is 17.4. The van der Waals surface area contributed by atoms with Gasteiger partial charge in [-0.3, -0.25) is 28.0 Å². The Balaban J connectivity index is 1.28. The zero-order valence-corrected chi connectivity index (χ0v) is 36.5. The number of fused-ring (bicyclic) bond motifs is 1. The number of imidazole rings is 1. The second kappa shape index (κ2) is 24.8. The molecular formula is C35H61N7O14P2S. The number of aliphatic hydroxyl groups excluding tert-OH is 3. The molecule has 24 heteroatoms. The molecule has 2 aromatic rings. The summed E-state index contributed by atoms with van der Waals surface area (Å²) in [6.07, 6.45) is 8.24. The second-order valence-electron chi connectivity index (χ2n) is 15.0. The lowest BCUT2D eigenvalue weighted by atomic mass is 9.87. The fourth-order valence-electron chi connectivity index (χ4n) is 6.03. The number of hydrogen-bond donors (Lipinski definition) is 8. The highest BCUT2D eigenvalue weighted by Gasteiger charge is 2.46. The summed E-state index contributed by atoms with van der Waals surface area (Å²) in [6, 6.07) is 0. The van der Waals surface area contributed by atoms with Crippen LogP contribution in [0.2, 0.25) is 0 Å². The predicted molar refractivity (Wildman–Crippen MR) is 217 cm³/mol. The van der Waals surface area contributed by atoms with Crippen molar-refractivity contribution >= 4 is 61.3 Å². The van der Waals surface area contributed by atoms with Crippen molar-refractivity contribution in [2.45, 2.75) is 135 Å². The maximum atomic E-state index is 12.6. The van der Waals surface area contributed by atoms with Gasteiger partial charge >= 0.3 is 15.6 Å². The van der Waals surface area contributed by atoms with E-state index in [-0.39, 0.29) is 47.5 Å². The number of nitrogens with two attached hydrogens (primary N) is 1. The number of phosphoric acid groups is 2. The molecule has 21 nitrogen and oxygen atoms in total. The number of rotatable bonds is 29. The van der Waals surface area contributed by atoms with Crippen LogP contribution in [0.15, 0.2) is 12.7 Å². The van der Waals surface area contributed by atoms with Gasteiger partial charge in [-0.05, 0) is 6.42 Å². The molecule has 1 aliphatic heterocycles. The Bertz CT molecular complexity index is 1740. The van der Waals surface area contributed by atoms with Crippen LogP contribution in [0.5, 0.6) is 0 Å². The van der Waals surface area contributed by atoms with Crippen molar-refractivity contribution in [3.8, 4) is 0 Å². The van der Waals surface area contributed by atoms with Gasteiger partial charge in [-0.1, -0.05) is 96.7 Å². The Morgan fingerprint density at radius 1 is 0.915 bits per heavy atom. The van der Waals surface area contributed by atoms with Gasteiger partial charge in [0.1, 0.15) is 36.3 Å². The monoisotopic (exact) mass is 897 g/mol. The molecule has 0 spiro atoms. The summed E-state index contributed by atoms with van der Waals surface area (Å²) >= 11 is 1.17. The average molecular weight is 898 g/mol. The standard InChI is InChI=1S/C35H61N7O14P2S/c1-4-5-6-7-8-9-10-11-12-13-14-15-26(44)59-19-18-37-25(43)16-17-38-33(48)30(47)35(2,3)21-54-58(51,52)56-57(49,50)53-20-24-28(45)29(46)34(55-24)42-23-41-27-31(36)39-22-40-32(27)42/h22-24,28-30,34,45-47H,4-21H2,1-3H3,(H,37,43)(H,38,48)(H,49,50)(H,51,52)(H2,36,39,40)/t24-,28-,29-,30+,34-/m1/s1. The van der Waals surface area contributed by atoms with Crippen molar-refractivity contribution in [3.05, 3.63) is 12.7 Å². The number of amides is 2. The smallest absolute Gasteiger partial charge is 0.387 e. The van der Waals surface area contributed by atoms with Crippen LogP contribution in [0, 0.1) is 5.41 Å². The zero-order chi connectivity index (χ0) is 43.6. The SMILES string of the molecule is CCCCCCCCCCCCCC(=O)SCCNC(=O)CCNC(=O)[C@H](O)C(C)(C)COP(=O)(O)OP(=O)(O)OC[C@H]1O[C@@H](n2cnc3c(N)ncnc32)[C@H](O)[C@@H]1O. The van der Waals surface area contributed by atoms with Crippen LogP contribution in [0.25, 0.3) is 11.2 Å². The first kappa shape index (κ1) is 50.8.